The lowest BCUT2D eigenvalue weighted by atomic mass is 9.93. The second-order valence-corrected chi connectivity index (χ2v) is 4.53. The van der Waals surface area contributed by atoms with Crippen molar-refractivity contribution in [3.63, 3.8) is 0 Å². The van der Waals surface area contributed by atoms with E-state index < -0.39 is 0 Å². The van der Waals surface area contributed by atoms with Gasteiger partial charge in [0.05, 0.1) is 12.4 Å². The third-order valence-electron chi connectivity index (χ3n) is 3.14. The van der Waals surface area contributed by atoms with E-state index in [9.17, 15) is 0 Å². The molecule has 0 bridgehead atoms. The Morgan fingerprint density at radius 3 is 2.76 bits per heavy atom. The number of aliphatic hydroxyl groups excluding tert-OH is 1. The SMILES string of the molecule is OCCNC1=NCC(Cc2ccccc2)CC1. The van der Waals surface area contributed by atoms with Crippen LogP contribution < -0.4 is 5.32 Å². The van der Waals surface area contributed by atoms with Gasteiger partial charge in [-0.2, -0.15) is 0 Å². The molecule has 1 aromatic rings. The van der Waals surface area contributed by atoms with Crippen molar-refractivity contribution in [2.45, 2.75) is 19.3 Å². The molecule has 17 heavy (non-hydrogen) atoms. The molecular formula is C14H20N2O. The van der Waals surface area contributed by atoms with E-state index in [0.29, 0.717) is 12.5 Å². The summed E-state index contributed by atoms with van der Waals surface area (Å²) in [6, 6.07) is 10.6. The zero-order valence-electron chi connectivity index (χ0n) is 10.1. The summed E-state index contributed by atoms with van der Waals surface area (Å²) in [5.74, 6) is 1.72. The monoisotopic (exact) mass is 232 g/mol. The van der Waals surface area contributed by atoms with Crippen LogP contribution in [0.3, 0.4) is 0 Å². The summed E-state index contributed by atoms with van der Waals surface area (Å²) in [5.41, 5.74) is 1.40. The number of amidine groups is 1. The molecule has 3 nitrogen and oxygen atoms in total. The predicted octanol–water partition coefficient (Wildman–Crippen LogP) is 1.62. The van der Waals surface area contributed by atoms with Gasteiger partial charge in [-0.25, -0.2) is 0 Å². The summed E-state index contributed by atoms with van der Waals surface area (Å²) >= 11 is 0. The standard InChI is InChI=1S/C14H20N2O/c17-9-8-15-14-7-6-13(11-16-14)10-12-4-2-1-3-5-12/h1-5,13,17H,6-11H2,(H,15,16). The number of nitrogens with zero attached hydrogens (tertiary/aromatic N) is 1. The van der Waals surface area contributed by atoms with Gasteiger partial charge in [0.2, 0.25) is 0 Å². The number of rotatable bonds is 4. The first-order valence-electron chi connectivity index (χ1n) is 6.30. The molecule has 3 heteroatoms. The van der Waals surface area contributed by atoms with Gasteiger partial charge in [-0.1, -0.05) is 30.3 Å². The molecule has 2 N–H and O–H groups in total. The highest BCUT2D eigenvalue weighted by Crippen LogP contribution is 2.18. The quantitative estimate of drug-likeness (QED) is 0.828. The van der Waals surface area contributed by atoms with E-state index in [1.54, 1.807) is 0 Å². The fraction of sp³-hybridized carbons (Fsp3) is 0.500. The molecule has 1 aromatic carbocycles. The van der Waals surface area contributed by atoms with Crippen molar-refractivity contribution in [2.24, 2.45) is 10.9 Å². The number of hydrogen-bond donors (Lipinski definition) is 2. The second kappa shape index (κ2) is 6.40. The molecule has 1 unspecified atom stereocenters. The molecule has 0 fully saturated rings. The van der Waals surface area contributed by atoms with Crippen molar-refractivity contribution >= 4 is 5.84 Å². The highest BCUT2D eigenvalue weighted by Gasteiger charge is 2.15. The van der Waals surface area contributed by atoms with E-state index >= 15 is 0 Å². The van der Waals surface area contributed by atoms with Gasteiger partial charge in [0.15, 0.2) is 0 Å². The minimum absolute atomic E-state index is 0.173. The zero-order chi connectivity index (χ0) is 11.9. The van der Waals surface area contributed by atoms with Crippen molar-refractivity contribution in [1.82, 2.24) is 5.32 Å². The zero-order valence-corrected chi connectivity index (χ0v) is 10.1. The number of benzene rings is 1. The van der Waals surface area contributed by atoms with Crippen LogP contribution in [0, 0.1) is 5.92 Å². The van der Waals surface area contributed by atoms with Gasteiger partial charge < -0.3 is 10.4 Å². The molecule has 0 radical (unpaired) electrons. The minimum Gasteiger partial charge on any atom is -0.395 e. The average Bonchev–Trinajstić information content (AvgIpc) is 2.39. The van der Waals surface area contributed by atoms with Gasteiger partial charge in [0.1, 0.15) is 0 Å². The van der Waals surface area contributed by atoms with Crippen LogP contribution >= 0.6 is 0 Å². The molecule has 0 saturated heterocycles. The lowest BCUT2D eigenvalue weighted by molar-refractivity contribution is 0.299. The first-order chi connectivity index (χ1) is 8.38. The normalized spacial score (nSPS) is 19.8. The molecule has 1 aliphatic rings. The summed E-state index contributed by atoms with van der Waals surface area (Å²) in [5, 5.41) is 11.9. The molecule has 1 aliphatic heterocycles. The Hall–Kier alpha value is -1.35. The van der Waals surface area contributed by atoms with Gasteiger partial charge in [-0.05, 0) is 24.3 Å². The van der Waals surface area contributed by atoms with Gasteiger partial charge in [-0.15, -0.1) is 0 Å². The smallest absolute Gasteiger partial charge is 0.0964 e. The summed E-state index contributed by atoms with van der Waals surface area (Å²) < 4.78 is 0. The van der Waals surface area contributed by atoms with Crippen LogP contribution in [0.4, 0.5) is 0 Å². The minimum atomic E-state index is 0.173. The molecule has 0 aliphatic carbocycles. The van der Waals surface area contributed by atoms with Crippen molar-refractivity contribution in [1.29, 1.82) is 0 Å². The number of aliphatic imine (C=N–C) groups is 1. The van der Waals surface area contributed by atoms with Gasteiger partial charge in [0, 0.05) is 19.5 Å². The highest BCUT2D eigenvalue weighted by molar-refractivity contribution is 5.82. The maximum absolute atomic E-state index is 8.73. The summed E-state index contributed by atoms with van der Waals surface area (Å²) in [7, 11) is 0. The lowest BCUT2D eigenvalue weighted by Crippen LogP contribution is -2.31. The first-order valence-corrected chi connectivity index (χ1v) is 6.30. The second-order valence-electron chi connectivity index (χ2n) is 4.53. The molecule has 0 spiro atoms. The summed E-state index contributed by atoms with van der Waals surface area (Å²) in [4.78, 5) is 4.54. The van der Waals surface area contributed by atoms with Crippen molar-refractivity contribution < 1.29 is 5.11 Å². The van der Waals surface area contributed by atoms with Crippen LogP contribution in [0.2, 0.25) is 0 Å². The number of nitrogens with one attached hydrogen (secondary N) is 1. The molecule has 1 atom stereocenters. The molecule has 2 rings (SSSR count). The molecule has 0 amide bonds. The predicted molar refractivity (Wildman–Crippen MR) is 70.3 cm³/mol. The maximum Gasteiger partial charge on any atom is 0.0964 e. The Morgan fingerprint density at radius 2 is 2.12 bits per heavy atom. The third-order valence-corrected chi connectivity index (χ3v) is 3.14. The average molecular weight is 232 g/mol. The van der Waals surface area contributed by atoms with E-state index in [0.717, 1.165) is 25.2 Å². The Kier molecular flexibility index (Phi) is 4.56. The highest BCUT2D eigenvalue weighted by atomic mass is 16.3. The van der Waals surface area contributed by atoms with E-state index in [2.05, 4.69) is 40.6 Å². The molecule has 0 aromatic heterocycles. The Morgan fingerprint density at radius 1 is 1.29 bits per heavy atom. The molecular weight excluding hydrogens is 212 g/mol. The van der Waals surface area contributed by atoms with Gasteiger partial charge >= 0.3 is 0 Å². The number of aliphatic hydroxyl groups is 1. The van der Waals surface area contributed by atoms with Gasteiger partial charge in [-0.3, -0.25) is 4.99 Å². The first kappa shape index (κ1) is 12.1. The van der Waals surface area contributed by atoms with Crippen molar-refractivity contribution in [3.05, 3.63) is 35.9 Å². The van der Waals surface area contributed by atoms with E-state index in [-0.39, 0.29) is 6.61 Å². The Bertz CT molecular complexity index is 362. The van der Waals surface area contributed by atoms with Gasteiger partial charge in [0.25, 0.3) is 0 Å². The summed E-state index contributed by atoms with van der Waals surface area (Å²) in [6.07, 6.45) is 3.32. The molecule has 1 heterocycles. The van der Waals surface area contributed by atoms with E-state index in [4.69, 9.17) is 5.11 Å². The van der Waals surface area contributed by atoms with Crippen LogP contribution in [0.15, 0.2) is 35.3 Å². The van der Waals surface area contributed by atoms with Crippen LogP contribution in [-0.4, -0.2) is 30.6 Å². The Balaban J connectivity index is 1.81. The summed E-state index contributed by atoms with van der Waals surface area (Å²) in [6.45, 7) is 1.69. The fourth-order valence-corrected chi connectivity index (χ4v) is 2.21. The molecule has 92 valence electrons. The lowest BCUT2D eigenvalue weighted by Gasteiger charge is -2.21. The van der Waals surface area contributed by atoms with E-state index in [1.807, 2.05) is 0 Å². The van der Waals surface area contributed by atoms with Crippen molar-refractivity contribution in [3.8, 4) is 0 Å². The number of hydrogen-bond acceptors (Lipinski definition) is 3. The fourth-order valence-electron chi connectivity index (χ4n) is 2.21. The molecule has 0 saturated carbocycles. The van der Waals surface area contributed by atoms with Crippen molar-refractivity contribution in [2.75, 3.05) is 19.7 Å². The Labute approximate surface area is 103 Å². The van der Waals surface area contributed by atoms with Crippen LogP contribution in [0.25, 0.3) is 0 Å². The van der Waals surface area contributed by atoms with Crippen LogP contribution in [0.1, 0.15) is 18.4 Å². The van der Waals surface area contributed by atoms with E-state index in [1.165, 1.54) is 12.0 Å². The van der Waals surface area contributed by atoms with Crippen LogP contribution in [-0.2, 0) is 6.42 Å². The maximum atomic E-state index is 8.73. The largest absolute Gasteiger partial charge is 0.395 e. The third kappa shape index (κ3) is 3.86. The van der Waals surface area contributed by atoms with Crippen LogP contribution in [0.5, 0.6) is 0 Å². The topological polar surface area (TPSA) is 44.6 Å².